The zero-order valence-electron chi connectivity index (χ0n) is 13.3. The van der Waals surface area contributed by atoms with Crippen LogP contribution in [0.4, 0.5) is 10.1 Å². The van der Waals surface area contributed by atoms with Gasteiger partial charge in [-0.3, -0.25) is 4.79 Å². The van der Waals surface area contributed by atoms with Gasteiger partial charge < -0.3 is 9.42 Å². The molecular formula is C19H15FN2O2. The predicted octanol–water partition coefficient (Wildman–Crippen LogP) is 4.52. The average Bonchev–Trinajstić information content (AvgIpc) is 3.03. The maximum Gasteiger partial charge on any atom is 0.260 e. The lowest BCUT2D eigenvalue weighted by molar-refractivity contribution is 0.0958. The second kappa shape index (κ2) is 5.30. The van der Waals surface area contributed by atoms with Crippen molar-refractivity contribution in [3.8, 4) is 22.6 Å². The molecule has 5 heteroatoms. The maximum atomic E-state index is 13.9. The molecule has 0 saturated heterocycles. The van der Waals surface area contributed by atoms with Crippen LogP contribution in [-0.2, 0) is 0 Å². The summed E-state index contributed by atoms with van der Waals surface area (Å²) in [5, 5.41) is 3.97. The van der Waals surface area contributed by atoms with E-state index in [-0.39, 0.29) is 17.8 Å². The van der Waals surface area contributed by atoms with E-state index in [2.05, 4.69) is 5.16 Å². The van der Waals surface area contributed by atoms with Gasteiger partial charge in [-0.1, -0.05) is 23.4 Å². The van der Waals surface area contributed by atoms with Crippen molar-refractivity contribution in [2.24, 2.45) is 0 Å². The number of anilines is 1. The summed E-state index contributed by atoms with van der Waals surface area (Å²) >= 11 is 0. The summed E-state index contributed by atoms with van der Waals surface area (Å²) in [4.78, 5) is 13.8. The summed E-state index contributed by atoms with van der Waals surface area (Å²) in [5.41, 5.74) is 3.25. The van der Waals surface area contributed by atoms with Gasteiger partial charge in [-0.2, -0.15) is 0 Å². The van der Waals surface area contributed by atoms with Crippen molar-refractivity contribution in [2.45, 2.75) is 19.9 Å². The first-order valence-corrected chi connectivity index (χ1v) is 7.76. The van der Waals surface area contributed by atoms with Crippen LogP contribution in [0, 0.1) is 5.82 Å². The number of benzene rings is 2. The average molecular weight is 322 g/mol. The first-order valence-electron chi connectivity index (χ1n) is 7.76. The number of rotatable bonds is 3. The van der Waals surface area contributed by atoms with Gasteiger partial charge in [-0.25, -0.2) is 4.39 Å². The van der Waals surface area contributed by atoms with Crippen LogP contribution in [0.5, 0.6) is 0 Å². The van der Waals surface area contributed by atoms with E-state index in [4.69, 9.17) is 4.52 Å². The molecule has 3 aromatic rings. The Morgan fingerprint density at radius 1 is 1.08 bits per heavy atom. The summed E-state index contributed by atoms with van der Waals surface area (Å²) < 4.78 is 19.3. The molecule has 0 radical (unpaired) electrons. The van der Waals surface area contributed by atoms with E-state index in [9.17, 15) is 9.18 Å². The predicted molar refractivity (Wildman–Crippen MR) is 89.3 cm³/mol. The number of carbonyl (C=O) groups excluding carboxylic acids is 1. The molecule has 2 aromatic carbocycles. The minimum Gasteiger partial charge on any atom is -0.356 e. The lowest BCUT2D eigenvalue weighted by Crippen LogP contribution is -2.45. The number of hydrogen-bond acceptors (Lipinski definition) is 3. The van der Waals surface area contributed by atoms with E-state index in [0.29, 0.717) is 22.6 Å². The van der Waals surface area contributed by atoms with Crippen molar-refractivity contribution < 1.29 is 13.7 Å². The van der Waals surface area contributed by atoms with Crippen LogP contribution in [0.3, 0.4) is 0 Å². The first kappa shape index (κ1) is 14.6. The molecule has 0 atom stereocenters. The quantitative estimate of drug-likeness (QED) is 0.712. The minimum absolute atomic E-state index is 0.0381. The van der Waals surface area contributed by atoms with Crippen LogP contribution in [0.1, 0.15) is 24.2 Å². The van der Waals surface area contributed by atoms with Gasteiger partial charge in [0, 0.05) is 23.2 Å². The van der Waals surface area contributed by atoms with Crippen LogP contribution in [-0.4, -0.2) is 17.1 Å². The van der Waals surface area contributed by atoms with Gasteiger partial charge in [0.2, 0.25) is 0 Å². The molecular weight excluding hydrogens is 307 g/mol. The van der Waals surface area contributed by atoms with Crippen LogP contribution < -0.4 is 4.90 Å². The fourth-order valence-corrected chi connectivity index (χ4v) is 2.97. The van der Waals surface area contributed by atoms with E-state index < -0.39 is 0 Å². The highest BCUT2D eigenvalue weighted by Gasteiger charge is 2.34. The zero-order chi connectivity index (χ0) is 16.8. The van der Waals surface area contributed by atoms with Gasteiger partial charge in [-0.05, 0) is 38.1 Å². The molecule has 1 aromatic heterocycles. The molecule has 24 heavy (non-hydrogen) atoms. The van der Waals surface area contributed by atoms with E-state index in [1.807, 2.05) is 26.0 Å². The number of nitrogens with zero attached hydrogens (tertiary/aromatic N) is 2. The van der Waals surface area contributed by atoms with Crippen LogP contribution >= 0.6 is 0 Å². The Morgan fingerprint density at radius 3 is 2.62 bits per heavy atom. The third-order valence-corrected chi connectivity index (χ3v) is 4.17. The third kappa shape index (κ3) is 2.12. The van der Waals surface area contributed by atoms with Gasteiger partial charge >= 0.3 is 0 Å². The fourth-order valence-electron chi connectivity index (χ4n) is 2.97. The molecule has 1 aliphatic heterocycles. The number of fused-ring (bicyclic) bond motifs is 1. The van der Waals surface area contributed by atoms with Crippen molar-refractivity contribution in [2.75, 3.05) is 4.90 Å². The number of aromatic nitrogens is 1. The summed E-state index contributed by atoms with van der Waals surface area (Å²) in [6, 6.07) is 13.8. The normalized spacial score (nSPS) is 13.2. The topological polar surface area (TPSA) is 46.3 Å². The molecule has 0 unspecified atom stereocenters. The van der Waals surface area contributed by atoms with Crippen molar-refractivity contribution in [1.29, 1.82) is 0 Å². The molecule has 0 aliphatic carbocycles. The number of halogens is 1. The molecule has 1 amide bonds. The molecule has 0 bridgehead atoms. The maximum absolute atomic E-state index is 13.9. The smallest absolute Gasteiger partial charge is 0.260 e. The lowest BCUT2D eigenvalue weighted by atomic mass is 9.97. The number of hydrogen-bond donors (Lipinski definition) is 0. The van der Waals surface area contributed by atoms with Crippen molar-refractivity contribution in [1.82, 2.24) is 5.16 Å². The summed E-state index contributed by atoms with van der Waals surface area (Å²) in [7, 11) is 0. The monoisotopic (exact) mass is 322 g/mol. The lowest BCUT2D eigenvalue weighted by Gasteiger charge is -2.37. The van der Waals surface area contributed by atoms with E-state index in [1.165, 1.54) is 6.07 Å². The van der Waals surface area contributed by atoms with Crippen LogP contribution in [0.15, 0.2) is 53.1 Å². The Bertz CT molecular complexity index is 946. The first-order chi connectivity index (χ1) is 11.6. The summed E-state index contributed by atoms with van der Waals surface area (Å²) in [6.07, 6.45) is 0. The van der Waals surface area contributed by atoms with Crippen molar-refractivity contribution >= 4 is 11.6 Å². The van der Waals surface area contributed by atoms with Gasteiger partial charge in [0.05, 0.1) is 11.3 Å². The van der Waals surface area contributed by atoms with Crippen molar-refractivity contribution in [3.05, 3.63) is 59.9 Å². The van der Waals surface area contributed by atoms with E-state index >= 15 is 0 Å². The van der Waals surface area contributed by atoms with Gasteiger partial charge in [0.15, 0.2) is 5.76 Å². The molecule has 4 nitrogen and oxygen atoms in total. The molecule has 0 saturated carbocycles. The molecule has 0 spiro atoms. The fraction of sp³-hybridized carbons (Fsp3) is 0.158. The number of amides is 1. The Kier molecular flexibility index (Phi) is 3.23. The third-order valence-electron chi connectivity index (χ3n) is 4.17. The standard InChI is InChI=1S/C19H15FN2O2/c1-11(2)22-17-9-12(7-8-14(17)19(22)23)18-10-16(21-24-18)13-5-3-4-6-15(13)20/h3-11H,1-2H3. The van der Waals surface area contributed by atoms with Crippen LogP contribution in [0.25, 0.3) is 22.6 Å². The molecule has 1 aliphatic rings. The van der Waals surface area contributed by atoms with Gasteiger partial charge in [0.25, 0.3) is 5.91 Å². The van der Waals surface area contributed by atoms with Crippen molar-refractivity contribution in [3.63, 3.8) is 0 Å². The zero-order valence-corrected chi connectivity index (χ0v) is 13.3. The molecule has 0 fully saturated rings. The number of carbonyl (C=O) groups is 1. The Balaban J connectivity index is 1.72. The summed E-state index contributed by atoms with van der Waals surface area (Å²) in [5.74, 6) is 0.237. The van der Waals surface area contributed by atoms with E-state index in [1.54, 1.807) is 35.2 Å². The van der Waals surface area contributed by atoms with Crippen LogP contribution in [0.2, 0.25) is 0 Å². The largest absolute Gasteiger partial charge is 0.356 e. The Labute approximate surface area is 138 Å². The second-order valence-corrected chi connectivity index (χ2v) is 6.06. The SMILES string of the molecule is CC(C)N1C(=O)c2ccc(-c3cc(-c4ccccc4F)no3)cc21. The molecule has 0 N–H and O–H groups in total. The van der Waals surface area contributed by atoms with Gasteiger partial charge in [0.1, 0.15) is 11.5 Å². The Morgan fingerprint density at radius 2 is 1.88 bits per heavy atom. The van der Waals surface area contributed by atoms with Gasteiger partial charge in [-0.15, -0.1) is 0 Å². The second-order valence-electron chi connectivity index (χ2n) is 6.06. The molecule has 2 heterocycles. The highest BCUT2D eigenvalue weighted by molar-refractivity contribution is 6.20. The highest BCUT2D eigenvalue weighted by Crippen LogP contribution is 2.38. The van der Waals surface area contributed by atoms with E-state index in [0.717, 1.165) is 11.3 Å². The molecule has 120 valence electrons. The minimum atomic E-state index is -0.342. The molecule has 4 rings (SSSR count). The Hall–Kier alpha value is -2.95. The highest BCUT2D eigenvalue weighted by atomic mass is 19.1. The summed E-state index contributed by atoms with van der Waals surface area (Å²) in [6.45, 7) is 3.94.